The predicted molar refractivity (Wildman–Crippen MR) is 50.9 cm³/mol. The molecule has 1 atom stereocenters. The van der Waals surface area contributed by atoms with Crippen molar-refractivity contribution in [2.24, 2.45) is 0 Å². The molecule has 0 saturated heterocycles. The summed E-state index contributed by atoms with van der Waals surface area (Å²) in [7, 11) is -8.72. The van der Waals surface area contributed by atoms with Crippen LogP contribution in [0.1, 0.15) is 2.85 Å². The molecule has 0 aromatic carbocycles. The van der Waals surface area contributed by atoms with Gasteiger partial charge >= 0.3 is 25.8 Å². The fourth-order valence-corrected chi connectivity index (χ4v) is 1.98. The number of aliphatic hydroxyl groups excluding tert-OH is 1. The third-order valence-electron chi connectivity index (χ3n) is 0.421. The first-order valence-electron chi connectivity index (χ1n) is 2.52. The van der Waals surface area contributed by atoms with Crippen LogP contribution >= 0.6 is 27.2 Å². The molecule has 12 heteroatoms. The van der Waals surface area contributed by atoms with Crippen molar-refractivity contribution in [3.8, 4) is 0 Å². The molecule has 0 bridgehead atoms. The van der Waals surface area contributed by atoms with Crippen LogP contribution in [0.3, 0.4) is 0 Å². The van der Waals surface area contributed by atoms with Crippen LogP contribution in [0.5, 0.6) is 0 Å². The number of alkyl halides is 1. The Hall–Kier alpha value is 0.679. The smallest absolute Gasteiger partial charge is 1.00 e. The van der Waals surface area contributed by atoms with Crippen LogP contribution in [0.15, 0.2) is 0 Å². The van der Waals surface area contributed by atoms with E-state index in [1.54, 1.807) is 0 Å². The van der Waals surface area contributed by atoms with E-state index in [1.807, 2.05) is 0 Å². The Labute approximate surface area is 91.9 Å². The second-order valence-electron chi connectivity index (χ2n) is 1.28. The van der Waals surface area contributed by atoms with Gasteiger partial charge in [-0.3, -0.25) is 4.52 Å². The first-order chi connectivity index (χ1) is 5.77. The van der Waals surface area contributed by atoms with Gasteiger partial charge in [0.25, 0.3) is 0 Å². The monoisotopic (exact) mass is 269 g/mol. The third-order valence-corrected chi connectivity index (χ3v) is 2.81. The molecule has 4 N–H and O–H groups in total. The molecule has 0 fully saturated rings. The zero-order valence-corrected chi connectivity index (χ0v) is 9.65. The Morgan fingerprint density at radius 3 is 1.86 bits per heavy atom. The topological polar surface area (TPSA) is 134 Å². The Morgan fingerprint density at radius 1 is 1.29 bits per heavy atom. The van der Waals surface area contributed by atoms with E-state index in [2.05, 4.69) is 8.83 Å². The fourth-order valence-electron chi connectivity index (χ4n) is 0.220. The fraction of sp³-hybridized carbons (Fsp3) is 1.00. The number of phosphoric acid groups is 2. The molecule has 0 aromatic heterocycles. The van der Waals surface area contributed by atoms with Crippen LogP contribution < -0.4 is 0 Å². The summed E-state index contributed by atoms with van der Waals surface area (Å²) in [4.78, 5) is 24.4. The maximum absolute atomic E-state index is 10.4. The molecule has 0 rings (SSSR count). The zero-order valence-electron chi connectivity index (χ0n) is 9.11. The van der Waals surface area contributed by atoms with E-state index in [0.717, 1.165) is 7.11 Å². The molecule has 0 aliphatic rings. The average molecular weight is 270 g/mol. The SMILES string of the molecule is CO.O=P(O)(O)OP(=O)(O)OCCl.[Be+2].[H-].[H-]. The van der Waals surface area contributed by atoms with Crippen LogP contribution in [0.4, 0.5) is 0 Å². The molecule has 0 radical (unpaired) electrons. The Morgan fingerprint density at radius 2 is 1.64 bits per heavy atom. The van der Waals surface area contributed by atoms with Gasteiger partial charge in [0.2, 0.25) is 0 Å². The van der Waals surface area contributed by atoms with Gasteiger partial charge in [0.1, 0.15) is 6.07 Å². The first-order valence-corrected chi connectivity index (χ1v) is 6.08. The summed E-state index contributed by atoms with van der Waals surface area (Å²) in [6.45, 7) is 0. The van der Waals surface area contributed by atoms with Crippen molar-refractivity contribution in [1.29, 1.82) is 0 Å². The van der Waals surface area contributed by atoms with Gasteiger partial charge in [-0.15, -0.1) is 0 Å². The van der Waals surface area contributed by atoms with E-state index in [-0.39, 0.29) is 13.0 Å². The van der Waals surface area contributed by atoms with Gasteiger partial charge in [-0.1, -0.05) is 11.6 Å². The molecular formula is C2H11BeClO8P2. The maximum atomic E-state index is 10.4. The van der Waals surface area contributed by atoms with E-state index >= 15 is 0 Å². The Bertz CT molecular complexity index is 224. The molecule has 0 amide bonds. The molecule has 1 unspecified atom stereocenters. The van der Waals surface area contributed by atoms with E-state index in [1.165, 1.54) is 0 Å². The van der Waals surface area contributed by atoms with Crippen molar-refractivity contribution >= 4 is 37.4 Å². The minimum atomic E-state index is -5.01. The van der Waals surface area contributed by atoms with E-state index in [4.69, 9.17) is 31.4 Å². The molecule has 14 heavy (non-hydrogen) atoms. The summed E-state index contributed by atoms with van der Waals surface area (Å²) < 4.78 is 27.4. The zero-order chi connectivity index (χ0) is 11.1. The second-order valence-corrected chi connectivity index (χ2v) is 4.33. The van der Waals surface area contributed by atoms with Crippen LogP contribution in [0.2, 0.25) is 0 Å². The summed E-state index contributed by atoms with van der Waals surface area (Å²) in [5.74, 6) is 0. The summed E-state index contributed by atoms with van der Waals surface area (Å²) in [6.07, 6.45) is 0. The van der Waals surface area contributed by atoms with E-state index in [0.29, 0.717) is 0 Å². The van der Waals surface area contributed by atoms with Crippen molar-refractivity contribution < 1.29 is 40.6 Å². The van der Waals surface area contributed by atoms with Gasteiger partial charge in [0.05, 0.1) is 0 Å². The predicted octanol–water partition coefficient (Wildman–Crippen LogP) is -0.138. The van der Waals surface area contributed by atoms with Crippen LogP contribution in [-0.2, 0) is 18.0 Å². The number of aliphatic hydroxyl groups is 1. The molecule has 0 aromatic rings. The summed E-state index contributed by atoms with van der Waals surface area (Å²) in [5.41, 5.74) is 0. The largest absolute Gasteiger partial charge is 2.00 e. The van der Waals surface area contributed by atoms with Crippen molar-refractivity contribution in [3.63, 3.8) is 0 Å². The molecule has 0 heterocycles. The first kappa shape index (κ1) is 20.1. The summed E-state index contributed by atoms with van der Waals surface area (Å²) in [5, 5.41) is 7.00. The average Bonchev–Trinajstić information content (AvgIpc) is 1.85. The normalized spacial score (nSPS) is 14.4. The number of halogens is 1. The third kappa shape index (κ3) is 15.2. The number of hydrogen-bond acceptors (Lipinski definition) is 5. The Balaban J connectivity index is -0.0000000760. The van der Waals surface area contributed by atoms with Gasteiger partial charge < -0.3 is 22.6 Å². The van der Waals surface area contributed by atoms with Crippen LogP contribution in [0.25, 0.3) is 0 Å². The van der Waals surface area contributed by atoms with Gasteiger partial charge in [-0.2, -0.15) is 4.31 Å². The number of rotatable bonds is 4. The van der Waals surface area contributed by atoms with E-state index in [9.17, 15) is 9.13 Å². The van der Waals surface area contributed by atoms with Gasteiger partial charge in [0, 0.05) is 7.11 Å². The second kappa shape index (κ2) is 8.94. The summed E-state index contributed by atoms with van der Waals surface area (Å²) >= 11 is 4.83. The quantitative estimate of drug-likeness (QED) is 0.315. The van der Waals surface area contributed by atoms with Crippen molar-refractivity contribution in [2.45, 2.75) is 0 Å². The summed E-state index contributed by atoms with van der Waals surface area (Å²) in [6, 6.07) is -0.701. The molecule has 8 nitrogen and oxygen atoms in total. The maximum Gasteiger partial charge on any atom is 2.00 e. The van der Waals surface area contributed by atoms with Gasteiger partial charge in [-0.25, -0.2) is 9.13 Å². The van der Waals surface area contributed by atoms with Crippen LogP contribution in [-0.4, -0.2) is 43.1 Å². The molecule has 0 spiro atoms. The van der Waals surface area contributed by atoms with Crippen molar-refractivity contribution in [3.05, 3.63) is 0 Å². The molecule has 0 saturated carbocycles. The standard InChI is InChI=1S/CH5ClO7P2.CH4O.Be.2H/c2-1-8-11(6,7)9-10(3,4)5;1-2;;;/h1H2,(H,6,7)(H2,3,4,5);2H,1H3;;;/q;;+2;2*-1. The number of phosphoric ester groups is 1. The van der Waals surface area contributed by atoms with E-state index < -0.39 is 21.7 Å². The number of hydrogen-bond donors (Lipinski definition) is 4. The molecular weight excluding hydrogens is 258 g/mol. The van der Waals surface area contributed by atoms with Gasteiger partial charge in [0.15, 0.2) is 0 Å². The van der Waals surface area contributed by atoms with Crippen molar-refractivity contribution in [2.75, 3.05) is 13.2 Å². The van der Waals surface area contributed by atoms with Gasteiger partial charge in [-0.05, 0) is 0 Å². The van der Waals surface area contributed by atoms with Crippen LogP contribution in [0, 0.1) is 0 Å². The minimum absolute atomic E-state index is 0. The molecule has 86 valence electrons. The minimum Gasteiger partial charge on any atom is -1.00 e. The Kier molecular flexibility index (Phi) is 12.9. The molecule has 0 aliphatic carbocycles. The molecule has 0 aliphatic heterocycles. The van der Waals surface area contributed by atoms with Crippen molar-refractivity contribution in [1.82, 2.24) is 0 Å².